The molecule has 1 heterocycles. The van der Waals surface area contributed by atoms with Gasteiger partial charge in [0, 0.05) is 11.1 Å². The number of hydrogen-bond donors (Lipinski definition) is 0. The van der Waals surface area contributed by atoms with Crippen LogP contribution in [0.4, 0.5) is 0 Å². The maximum absolute atomic E-state index is 2.54. The van der Waals surface area contributed by atoms with Gasteiger partial charge in [-0.25, -0.2) is 4.57 Å². The molecule has 0 radical (unpaired) electrons. The molecule has 0 spiro atoms. The molecule has 0 saturated heterocycles. The predicted octanol–water partition coefficient (Wildman–Crippen LogP) is 8.65. The van der Waals surface area contributed by atoms with Crippen molar-refractivity contribution < 1.29 is 4.57 Å². The van der Waals surface area contributed by atoms with Crippen LogP contribution >= 0.6 is 0 Å². The molecule has 1 aromatic heterocycles. The summed E-state index contributed by atoms with van der Waals surface area (Å²) in [6.45, 7) is 13.7. The van der Waals surface area contributed by atoms with Crippen LogP contribution in [0.3, 0.4) is 0 Å². The Kier molecular flexibility index (Phi) is 6.30. The summed E-state index contributed by atoms with van der Waals surface area (Å²) in [4.78, 5) is 0. The Bertz CT molecular complexity index is 1520. The SMILES string of the molecule is Cc1ccc2c(c1)n(C)c(-c1ccccc1C)[n+]2-c1c(C(C)C)cc(-c2ccccc2)cc1C(C)C. The summed E-state index contributed by atoms with van der Waals surface area (Å²) >= 11 is 0. The quantitative estimate of drug-likeness (QED) is 0.226. The molecule has 0 saturated carbocycles. The summed E-state index contributed by atoms with van der Waals surface area (Å²) in [5.41, 5.74) is 13.0. The molecule has 2 nitrogen and oxygen atoms in total. The third-order valence-corrected chi connectivity index (χ3v) is 7.39. The molecule has 2 heteroatoms. The smallest absolute Gasteiger partial charge is 0.225 e. The Balaban J connectivity index is 1.95. The normalized spacial score (nSPS) is 11.7. The number of imidazole rings is 1. The summed E-state index contributed by atoms with van der Waals surface area (Å²) in [6.07, 6.45) is 0. The Hall–Kier alpha value is -3.65. The fourth-order valence-corrected chi connectivity index (χ4v) is 5.44. The zero-order valence-electron chi connectivity index (χ0n) is 22.6. The van der Waals surface area contributed by atoms with E-state index >= 15 is 0 Å². The van der Waals surface area contributed by atoms with Gasteiger partial charge in [0.25, 0.3) is 5.82 Å². The fraction of sp³-hybridized carbons (Fsp3) is 0.265. The standard InChI is InChI=1S/C34H37N2/c1-22(2)29-20-27(26-14-9-8-10-15-26)21-30(23(3)4)33(29)36-31-18-17-24(5)19-32(31)35(7)34(36)28-16-12-11-13-25(28)6/h8-23H,1-7H3/q+1. The molecule has 0 amide bonds. The summed E-state index contributed by atoms with van der Waals surface area (Å²) in [6, 6.07) is 31.2. The summed E-state index contributed by atoms with van der Waals surface area (Å²) in [5.74, 6) is 1.98. The van der Waals surface area contributed by atoms with E-state index in [4.69, 9.17) is 0 Å². The van der Waals surface area contributed by atoms with Crippen molar-refractivity contribution in [3.63, 3.8) is 0 Å². The van der Waals surface area contributed by atoms with Gasteiger partial charge in [-0.3, -0.25) is 0 Å². The maximum Gasteiger partial charge on any atom is 0.295 e. The molecule has 5 rings (SSSR count). The molecular formula is C34H37N2+. The highest BCUT2D eigenvalue weighted by molar-refractivity contribution is 5.79. The van der Waals surface area contributed by atoms with Crippen molar-refractivity contribution in [2.75, 3.05) is 0 Å². The Morgan fingerprint density at radius 2 is 1.28 bits per heavy atom. The molecule has 5 aromatic rings. The second-order valence-electron chi connectivity index (χ2n) is 10.7. The molecule has 0 aliphatic carbocycles. The van der Waals surface area contributed by atoms with Crippen LogP contribution in [0, 0.1) is 13.8 Å². The van der Waals surface area contributed by atoms with Crippen LogP contribution in [-0.2, 0) is 7.05 Å². The number of aromatic nitrogens is 2. The van der Waals surface area contributed by atoms with Gasteiger partial charge in [0.15, 0.2) is 11.0 Å². The van der Waals surface area contributed by atoms with Gasteiger partial charge in [-0.2, -0.15) is 4.57 Å². The van der Waals surface area contributed by atoms with Crippen molar-refractivity contribution in [3.8, 4) is 28.2 Å². The Morgan fingerprint density at radius 3 is 1.89 bits per heavy atom. The minimum atomic E-state index is 0.374. The van der Waals surface area contributed by atoms with Crippen LogP contribution in [0.5, 0.6) is 0 Å². The first-order chi connectivity index (χ1) is 17.3. The molecule has 0 atom stereocenters. The van der Waals surface area contributed by atoms with Crippen LogP contribution in [0.25, 0.3) is 39.2 Å². The van der Waals surface area contributed by atoms with Crippen LogP contribution < -0.4 is 4.57 Å². The number of hydrogen-bond acceptors (Lipinski definition) is 0. The van der Waals surface area contributed by atoms with Gasteiger partial charge in [-0.05, 0) is 78.3 Å². The van der Waals surface area contributed by atoms with Crippen LogP contribution in [0.15, 0.2) is 84.9 Å². The lowest BCUT2D eigenvalue weighted by atomic mass is 9.88. The van der Waals surface area contributed by atoms with Gasteiger partial charge in [0.05, 0.1) is 12.6 Å². The average Bonchev–Trinajstić information content (AvgIpc) is 3.15. The van der Waals surface area contributed by atoms with Gasteiger partial charge in [0.1, 0.15) is 5.69 Å². The maximum atomic E-state index is 2.54. The zero-order valence-corrected chi connectivity index (χ0v) is 22.6. The topological polar surface area (TPSA) is 8.81 Å². The van der Waals surface area contributed by atoms with Gasteiger partial charge < -0.3 is 0 Å². The van der Waals surface area contributed by atoms with Crippen molar-refractivity contribution >= 4 is 11.0 Å². The van der Waals surface area contributed by atoms with Crippen molar-refractivity contribution in [1.82, 2.24) is 4.57 Å². The molecule has 36 heavy (non-hydrogen) atoms. The third-order valence-electron chi connectivity index (χ3n) is 7.39. The largest absolute Gasteiger partial charge is 0.295 e. The molecule has 0 aliphatic heterocycles. The highest BCUT2D eigenvalue weighted by Crippen LogP contribution is 2.37. The van der Waals surface area contributed by atoms with Gasteiger partial charge >= 0.3 is 0 Å². The van der Waals surface area contributed by atoms with Crippen LogP contribution in [0.2, 0.25) is 0 Å². The van der Waals surface area contributed by atoms with Crippen molar-refractivity contribution in [2.24, 2.45) is 7.05 Å². The van der Waals surface area contributed by atoms with Crippen molar-refractivity contribution in [3.05, 3.63) is 107 Å². The highest BCUT2D eigenvalue weighted by Gasteiger charge is 2.31. The molecule has 0 N–H and O–H groups in total. The predicted molar refractivity (Wildman–Crippen MR) is 153 cm³/mol. The molecule has 4 aromatic carbocycles. The van der Waals surface area contributed by atoms with E-state index in [9.17, 15) is 0 Å². The number of benzene rings is 4. The van der Waals surface area contributed by atoms with E-state index in [1.165, 1.54) is 61.5 Å². The van der Waals surface area contributed by atoms with Crippen LogP contribution in [-0.4, -0.2) is 4.57 Å². The minimum absolute atomic E-state index is 0.374. The molecule has 0 bridgehead atoms. The van der Waals surface area contributed by atoms with E-state index in [1.54, 1.807) is 0 Å². The first-order valence-corrected chi connectivity index (χ1v) is 13.1. The monoisotopic (exact) mass is 473 g/mol. The lowest BCUT2D eigenvalue weighted by Gasteiger charge is -2.21. The number of rotatable bonds is 5. The minimum Gasteiger partial charge on any atom is -0.225 e. The van der Waals surface area contributed by atoms with E-state index in [1.807, 2.05) is 0 Å². The first kappa shape index (κ1) is 24.1. The fourth-order valence-electron chi connectivity index (χ4n) is 5.44. The van der Waals surface area contributed by atoms with E-state index in [0.29, 0.717) is 11.8 Å². The summed E-state index contributed by atoms with van der Waals surface area (Å²) in [5, 5.41) is 0. The number of fused-ring (bicyclic) bond motifs is 1. The van der Waals surface area contributed by atoms with Gasteiger partial charge in [-0.15, -0.1) is 0 Å². The Labute approximate surface area is 215 Å². The van der Waals surface area contributed by atoms with Crippen molar-refractivity contribution in [2.45, 2.75) is 53.4 Å². The van der Waals surface area contributed by atoms with Gasteiger partial charge in [-0.1, -0.05) is 82.3 Å². The molecular weight excluding hydrogens is 436 g/mol. The molecule has 182 valence electrons. The molecule has 0 unspecified atom stereocenters. The van der Waals surface area contributed by atoms with E-state index < -0.39 is 0 Å². The average molecular weight is 474 g/mol. The lowest BCUT2D eigenvalue weighted by Crippen LogP contribution is -2.36. The second kappa shape index (κ2) is 9.43. The third kappa shape index (κ3) is 4.05. The lowest BCUT2D eigenvalue weighted by molar-refractivity contribution is -0.557. The van der Waals surface area contributed by atoms with Gasteiger partial charge in [0.2, 0.25) is 0 Å². The summed E-state index contributed by atoms with van der Waals surface area (Å²) < 4.78 is 4.92. The van der Waals surface area contributed by atoms with E-state index in [-0.39, 0.29) is 0 Å². The second-order valence-corrected chi connectivity index (χ2v) is 10.7. The number of nitrogens with zero attached hydrogens (tertiary/aromatic N) is 2. The first-order valence-electron chi connectivity index (χ1n) is 13.1. The van der Waals surface area contributed by atoms with E-state index in [2.05, 4.69) is 143 Å². The summed E-state index contributed by atoms with van der Waals surface area (Å²) in [7, 11) is 2.21. The Morgan fingerprint density at radius 1 is 0.667 bits per heavy atom. The zero-order chi connectivity index (χ0) is 25.6. The highest BCUT2D eigenvalue weighted by atomic mass is 15.2. The molecule has 0 fully saturated rings. The molecule has 0 aliphatic rings. The van der Waals surface area contributed by atoms with Crippen LogP contribution in [0.1, 0.15) is 61.8 Å². The van der Waals surface area contributed by atoms with Crippen molar-refractivity contribution in [1.29, 1.82) is 0 Å². The number of aryl methyl sites for hydroxylation is 3. The van der Waals surface area contributed by atoms with E-state index in [0.717, 1.165) is 0 Å².